The molecule has 16 nitrogen and oxygen atoms in total. The molecule has 4 aromatic carbocycles. The highest BCUT2D eigenvalue weighted by molar-refractivity contribution is 8.13. The summed E-state index contributed by atoms with van der Waals surface area (Å²) in [6.07, 6.45) is 1.30. The minimum absolute atomic E-state index is 0.0740. The second-order valence-corrected chi connectivity index (χ2v) is 17.8. The minimum atomic E-state index is -3.61. The number of hydrogen-bond donors (Lipinski definition) is 4. The molecule has 0 fully saturated rings. The van der Waals surface area contributed by atoms with E-state index in [0.29, 0.717) is 54.9 Å². The van der Waals surface area contributed by atoms with Gasteiger partial charge in [0.05, 0.1) is 38.2 Å². The maximum absolute atomic E-state index is 12.3. The van der Waals surface area contributed by atoms with Crippen molar-refractivity contribution in [3.8, 4) is 23.0 Å². The van der Waals surface area contributed by atoms with Crippen LogP contribution < -0.4 is 40.0 Å². The van der Waals surface area contributed by atoms with E-state index in [9.17, 15) is 16.8 Å². The third kappa shape index (κ3) is 15.9. The van der Waals surface area contributed by atoms with Gasteiger partial charge in [0.1, 0.15) is 34.6 Å². The zero-order valence-corrected chi connectivity index (χ0v) is 36.6. The van der Waals surface area contributed by atoms with Crippen LogP contribution in [0.5, 0.6) is 23.0 Å². The molecule has 6 rings (SSSR count). The van der Waals surface area contributed by atoms with Crippen LogP contribution in [0.15, 0.2) is 107 Å². The number of anilines is 2. The molecule has 0 radical (unpaired) electrons. The Kier molecular flexibility index (Phi) is 18.6. The number of nitrogens with two attached hydrogens (primary N) is 1. The van der Waals surface area contributed by atoms with Crippen LogP contribution >= 0.6 is 33.7 Å². The van der Waals surface area contributed by atoms with Gasteiger partial charge in [-0.2, -0.15) is 8.75 Å². The zero-order valence-electron chi connectivity index (χ0n) is 32.6. The summed E-state index contributed by atoms with van der Waals surface area (Å²) in [5.74, 6) is 4.35. The van der Waals surface area contributed by atoms with Gasteiger partial charge in [-0.05, 0) is 83.9 Å². The average Bonchev–Trinajstić information content (AvgIpc) is 3.90. The molecule has 0 amide bonds. The van der Waals surface area contributed by atoms with Gasteiger partial charge in [-0.3, -0.25) is 0 Å². The number of rotatable bonds is 18. The van der Waals surface area contributed by atoms with Crippen molar-refractivity contribution < 1.29 is 35.8 Å². The third-order valence-corrected chi connectivity index (χ3v) is 12.0. The molecular formula is C38H45ClN8O8S4. The maximum atomic E-state index is 12.3. The molecule has 6 aromatic rings. The van der Waals surface area contributed by atoms with Gasteiger partial charge in [-0.25, -0.2) is 31.5 Å². The number of methoxy groups -OCH3 is 4. The summed E-state index contributed by atoms with van der Waals surface area (Å²) in [7, 11) is 4.23. The Labute approximate surface area is 356 Å². The van der Waals surface area contributed by atoms with E-state index in [0.717, 1.165) is 33.6 Å². The lowest BCUT2D eigenvalue weighted by molar-refractivity contribution is 0.414. The second kappa shape index (κ2) is 23.5. The molecule has 0 aliphatic heterocycles. The van der Waals surface area contributed by atoms with Crippen molar-refractivity contribution in [3.05, 3.63) is 120 Å². The number of nitrogens with zero attached hydrogens (tertiary/aromatic N) is 4. The van der Waals surface area contributed by atoms with Gasteiger partial charge in [-0.15, -0.1) is 0 Å². The molecule has 0 unspecified atom stereocenters. The van der Waals surface area contributed by atoms with Gasteiger partial charge in [0.2, 0.25) is 20.3 Å². The van der Waals surface area contributed by atoms with Gasteiger partial charge in [0.15, 0.2) is 0 Å². The van der Waals surface area contributed by atoms with Gasteiger partial charge < -0.3 is 35.3 Å². The molecule has 0 spiro atoms. The van der Waals surface area contributed by atoms with E-state index in [1.807, 2.05) is 48.5 Å². The number of nitrogens with one attached hydrogen (secondary N) is 3. The van der Waals surface area contributed by atoms with Crippen LogP contribution in [0, 0.1) is 0 Å². The predicted octanol–water partition coefficient (Wildman–Crippen LogP) is 5.67. The van der Waals surface area contributed by atoms with Crippen molar-refractivity contribution in [1.82, 2.24) is 23.4 Å². The first-order valence-electron chi connectivity index (χ1n) is 17.7. The van der Waals surface area contributed by atoms with E-state index < -0.39 is 19.1 Å². The Hall–Kier alpha value is -5.09. The second-order valence-electron chi connectivity index (χ2n) is 11.9. The van der Waals surface area contributed by atoms with Crippen LogP contribution in [0.1, 0.15) is 22.8 Å². The van der Waals surface area contributed by atoms with Crippen LogP contribution in [0.2, 0.25) is 0 Å². The standard InChI is InChI=1S/C19H22N4O4S2.C12H16N4OS.C7H7ClO3S/c1-26-15-6-8-17(9-7-15)29(24,25)21-11-10-20-19-22-18(23-28-19)13-14-4-3-5-16(12-14)27-2;1-17-10-4-2-3-9(7-10)8-11-15-12(18-16-11)14-6-5-13;1-11-6-2-4-7(5-3-6)12(8,9)10/h3-9,12,21H,10-11,13H2,1-2H3,(H,20,22,23);2-4,7H,5-6,8,13H2,1H3,(H,14,15,16);2-5H,1H3. The molecule has 0 aliphatic carbocycles. The molecule has 5 N–H and O–H groups in total. The van der Waals surface area contributed by atoms with Gasteiger partial charge in [0, 0.05) is 72.8 Å². The smallest absolute Gasteiger partial charge is 0.261 e. The van der Waals surface area contributed by atoms with E-state index >= 15 is 0 Å². The average molecular weight is 906 g/mol. The molecule has 2 aromatic heterocycles. The Bertz CT molecular complexity index is 2400. The summed E-state index contributed by atoms with van der Waals surface area (Å²) in [6, 6.07) is 27.8. The van der Waals surface area contributed by atoms with E-state index in [1.165, 1.54) is 73.7 Å². The lowest BCUT2D eigenvalue weighted by Crippen LogP contribution is -2.28. The zero-order chi connectivity index (χ0) is 42.7. The fourth-order valence-corrected chi connectivity index (χ4v) is 7.86. The fraction of sp³-hybridized carbons (Fsp3) is 0.263. The van der Waals surface area contributed by atoms with Crippen LogP contribution in [0.25, 0.3) is 0 Å². The number of ether oxygens (including phenoxy) is 4. The monoisotopic (exact) mass is 904 g/mol. The highest BCUT2D eigenvalue weighted by Gasteiger charge is 2.14. The van der Waals surface area contributed by atoms with Crippen LogP contribution in [0.4, 0.5) is 10.3 Å². The summed E-state index contributed by atoms with van der Waals surface area (Å²) >= 11 is 2.60. The molecule has 0 saturated carbocycles. The number of benzene rings is 4. The van der Waals surface area contributed by atoms with Crippen LogP contribution in [-0.2, 0) is 31.9 Å². The number of halogens is 1. The molecule has 0 aliphatic rings. The van der Waals surface area contributed by atoms with Crippen molar-refractivity contribution in [3.63, 3.8) is 0 Å². The van der Waals surface area contributed by atoms with Crippen molar-refractivity contribution in [1.29, 1.82) is 0 Å². The minimum Gasteiger partial charge on any atom is -0.497 e. The maximum Gasteiger partial charge on any atom is 0.261 e. The van der Waals surface area contributed by atoms with Crippen molar-refractivity contribution in [2.24, 2.45) is 5.73 Å². The van der Waals surface area contributed by atoms with Crippen molar-refractivity contribution in [2.75, 3.05) is 65.3 Å². The van der Waals surface area contributed by atoms with Gasteiger partial charge in [0.25, 0.3) is 9.05 Å². The summed E-state index contributed by atoms with van der Waals surface area (Å²) in [5.41, 5.74) is 7.61. The summed E-state index contributed by atoms with van der Waals surface area (Å²) in [6.45, 7) is 1.92. The largest absolute Gasteiger partial charge is 0.497 e. The fourth-order valence-electron chi connectivity index (χ4n) is 4.84. The number of hydrogen-bond acceptors (Lipinski definition) is 17. The molecule has 21 heteroatoms. The van der Waals surface area contributed by atoms with Crippen molar-refractivity contribution >= 4 is 63.1 Å². The lowest BCUT2D eigenvalue weighted by atomic mass is 10.1. The number of sulfonamides is 1. The Morgan fingerprint density at radius 1 is 0.593 bits per heavy atom. The molecule has 0 atom stereocenters. The summed E-state index contributed by atoms with van der Waals surface area (Å²) in [4.78, 5) is 9.10. The molecule has 316 valence electrons. The first-order valence-corrected chi connectivity index (χ1v) is 23.0. The molecule has 0 saturated heterocycles. The van der Waals surface area contributed by atoms with E-state index in [4.69, 9.17) is 35.4 Å². The normalized spacial score (nSPS) is 10.9. The first kappa shape index (κ1) is 46.6. The highest BCUT2D eigenvalue weighted by Crippen LogP contribution is 2.21. The summed E-state index contributed by atoms with van der Waals surface area (Å²) < 4.78 is 77.6. The highest BCUT2D eigenvalue weighted by atomic mass is 35.7. The Morgan fingerprint density at radius 3 is 1.46 bits per heavy atom. The van der Waals surface area contributed by atoms with Crippen molar-refractivity contribution in [2.45, 2.75) is 22.6 Å². The number of aromatic nitrogens is 4. The van der Waals surface area contributed by atoms with Crippen LogP contribution in [0.3, 0.4) is 0 Å². The Morgan fingerprint density at radius 2 is 1.03 bits per heavy atom. The predicted molar refractivity (Wildman–Crippen MR) is 232 cm³/mol. The van der Waals surface area contributed by atoms with E-state index in [-0.39, 0.29) is 16.3 Å². The van der Waals surface area contributed by atoms with E-state index in [2.05, 4.69) is 34.1 Å². The van der Waals surface area contributed by atoms with Gasteiger partial charge >= 0.3 is 0 Å². The Balaban J connectivity index is 0.000000217. The topological polar surface area (TPSA) is 219 Å². The third-order valence-electron chi connectivity index (χ3n) is 7.75. The lowest BCUT2D eigenvalue weighted by Gasteiger charge is -2.08. The van der Waals surface area contributed by atoms with Gasteiger partial charge in [-0.1, -0.05) is 24.3 Å². The quantitative estimate of drug-likeness (QED) is 0.0604. The van der Waals surface area contributed by atoms with E-state index in [1.54, 1.807) is 26.4 Å². The first-order chi connectivity index (χ1) is 28.3. The molecule has 2 heterocycles. The summed E-state index contributed by atoms with van der Waals surface area (Å²) in [5, 5.41) is 7.67. The molecule has 0 bridgehead atoms. The van der Waals surface area contributed by atoms with Crippen LogP contribution in [-0.4, -0.2) is 90.2 Å². The molecule has 59 heavy (non-hydrogen) atoms. The SMILES string of the molecule is COc1ccc(S(=O)(=O)Cl)cc1.COc1ccc(S(=O)(=O)NCCNc2nc(Cc3cccc(OC)c3)ns2)cc1.COc1cccc(Cc2nsc(NCCN)n2)c1. The molecular weight excluding hydrogens is 860 g/mol.